The number of hydrogen-bond acceptors (Lipinski definition) is 6. The van der Waals surface area contributed by atoms with Crippen LogP contribution >= 0.6 is 0 Å². The molecular weight excluding hydrogens is 458 g/mol. The standard InChI is InChI=1S/C30H35N7/c1-20-5-9-31-28(13-20)35-10-7-24(18-35)26-16-32-29(14-21(26)2)36-11-8-25(19-36)27-17-33-30(15-22(27)3)37-12-6-23(4)34-37/h5-6,9,12-17,24-25H,7-8,10-11,18-19H2,1-4H3. The van der Waals surface area contributed by atoms with Crippen LogP contribution < -0.4 is 9.80 Å². The Hall–Kier alpha value is -3.74. The lowest BCUT2D eigenvalue weighted by Gasteiger charge is -2.21. The van der Waals surface area contributed by atoms with Crippen LogP contribution in [0.25, 0.3) is 5.82 Å². The Morgan fingerprint density at radius 1 is 0.703 bits per heavy atom. The van der Waals surface area contributed by atoms with E-state index in [-0.39, 0.29) is 0 Å². The van der Waals surface area contributed by atoms with Crippen LogP contribution in [-0.2, 0) is 0 Å². The summed E-state index contributed by atoms with van der Waals surface area (Å²) in [6, 6.07) is 10.7. The number of aryl methyl sites for hydroxylation is 4. The molecule has 190 valence electrons. The van der Waals surface area contributed by atoms with Gasteiger partial charge >= 0.3 is 0 Å². The first-order valence-electron chi connectivity index (χ1n) is 13.3. The van der Waals surface area contributed by atoms with E-state index >= 15 is 0 Å². The normalized spacial score (nSPS) is 19.7. The topological polar surface area (TPSA) is 63.0 Å². The van der Waals surface area contributed by atoms with E-state index < -0.39 is 0 Å². The van der Waals surface area contributed by atoms with Crippen molar-refractivity contribution in [2.45, 2.75) is 52.4 Å². The molecule has 2 atom stereocenters. The van der Waals surface area contributed by atoms with Crippen molar-refractivity contribution in [3.8, 4) is 5.82 Å². The minimum atomic E-state index is 0.466. The first-order valence-corrected chi connectivity index (χ1v) is 13.3. The summed E-state index contributed by atoms with van der Waals surface area (Å²) in [6.45, 7) is 12.6. The van der Waals surface area contributed by atoms with E-state index in [1.54, 1.807) is 0 Å². The number of rotatable bonds is 5. The number of nitrogens with zero attached hydrogens (tertiary/aromatic N) is 7. The van der Waals surface area contributed by atoms with Gasteiger partial charge in [-0.25, -0.2) is 19.6 Å². The van der Waals surface area contributed by atoms with Crippen LogP contribution in [0.15, 0.2) is 55.1 Å². The fourth-order valence-corrected chi connectivity index (χ4v) is 5.94. The lowest BCUT2D eigenvalue weighted by Crippen LogP contribution is -2.22. The number of hydrogen-bond donors (Lipinski definition) is 0. The summed E-state index contributed by atoms with van der Waals surface area (Å²) in [7, 11) is 0. The molecule has 2 aliphatic heterocycles. The van der Waals surface area contributed by atoms with Gasteiger partial charge in [-0.3, -0.25) is 0 Å². The molecule has 4 aromatic heterocycles. The summed E-state index contributed by atoms with van der Waals surface area (Å²) in [5, 5.41) is 4.50. The Labute approximate surface area is 219 Å². The highest BCUT2D eigenvalue weighted by molar-refractivity contribution is 5.49. The molecule has 0 amide bonds. The molecule has 2 saturated heterocycles. The summed E-state index contributed by atoms with van der Waals surface area (Å²) in [4.78, 5) is 19.1. The molecule has 2 unspecified atom stereocenters. The van der Waals surface area contributed by atoms with Gasteiger partial charge in [0.2, 0.25) is 0 Å². The van der Waals surface area contributed by atoms with Crippen molar-refractivity contribution < 1.29 is 0 Å². The van der Waals surface area contributed by atoms with Crippen molar-refractivity contribution in [2.75, 3.05) is 36.0 Å². The molecule has 2 fully saturated rings. The minimum absolute atomic E-state index is 0.466. The second kappa shape index (κ2) is 9.61. The molecule has 0 bridgehead atoms. The van der Waals surface area contributed by atoms with E-state index in [0.717, 1.165) is 62.2 Å². The average molecular weight is 494 g/mol. The van der Waals surface area contributed by atoms with Gasteiger partial charge < -0.3 is 9.80 Å². The average Bonchev–Trinajstić information content (AvgIpc) is 3.65. The molecule has 6 heterocycles. The van der Waals surface area contributed by atoms with Crippen LogP contribution in [0.5, 0.6) is 0 Å². The molecule has 0 spiro atoms. The zero-order valence-electron chi connectivity index (χ0n) is 22.2. The van der Waals surface area contributed by atoms with Crippen LogP contribution in [0.1, 0.15) is 58.2 Å². The molecule has 0 N–H and O–H groups in total. The van der Waals surface area contributed by atoms with Gasteiger partial charge in [-0.2, -0.15) is 5.10 Å². The maximum absolute atomic E-state index is 4.95. The number of aromatic nitrogens is 5. The third-order valence-corrected chi connectivity index (χ3v) is 8.04. The summed E-state index contributed by atoms with van der Waals surface area (Å²) in [5.74, 6) is 4.02. The molecule has 7 nitrogen and oxygen atoms in total. The maximum Gasteiger partial charge on any atom is 0.153 e. The van der Waals surface area contributed by atoms with E-state index in [0.29, 0.717) is 11.8 Å². The molecule has 6 rings (SSSR count). The monoisotopic (exact) mass is 493 g/mol. The lowest BCUT2D eigenvalue weighted by molar-refractivity contribution is 0.751. The minimum Gasteiger partial charge on any atom is -0.356 e. The first-order chi connectivity index (χ1) is 17.9. The van der Waals surface area contributed by atoms with Crippen LogP contribution in [-0.4, -0.2) is 50.9 Å². The van der Waals surface area contributed by atoms with Crippen molar-refractivity contribution >= 4 is 11.6 Å². The molecule has 7 heteroatoms. The third kappa shape index (κ3) is 4.70. The van der Waals surface area contributed by atoms with Crippen molar-refractivity contribution in [1.29, 1.82) is 0 Å². The highest BCUT2D eigenvalue weighted by Crippen LogP contribution is 2.35. The highest BCUT2D eigenvalue weighted by Gasteiger charge is 2.29. The fourth-order valence-electron chi connectivity index (χ4n) is 5.94. The Bertz CT molecular complexity index is 1430. The van der Waals surface area contributed by atoms with Gasteiger partial charge in [0.15, 0.2) is 5.82 Å². The molecular formula is C30H35N7. The fraction of sp³-hybridized carbons (Fsp3) is 0.400. The number of pyridine rings is 3. The lowest BCUT2D eigenvalue weighted by atomic mass is 9.95. The molecule has 4 aromatic rings. The summed E-state index contributed by atoms with van der Waals surface area (Å²) in [6.07, 6.45) is 10.3. The van der Waals surface area contributed by atoms with Gasteiger partial charge in [0.25, 0.3) is 0 Å². The second-order valence-corrected chi connectivity index (χ2v) is 10.8. The van der Waals surface area contributed by atoms with Gasteiger partial charge in [0.05, 0.1) is 5.69 Å². The maximum atomic E-state index is 4.95. The van der Waals surface area contributed by atoms with Gasteiger partial charge in [-0.15, -0.1) is 0 Å². The van der Waals surface area contributed by atoms with Gasteiger partial charge in [-0.05, 0) is 98.7 Å². The van der Waals surface area contributed by atoms with Gasteiger partial charge in [-0.1, -0.05) is 0 Å². The van der Waals surface area contributed by atoms with E-state index in [1.807, 2.05) is 36.3 Å². The largest absolute Gasteiger partial charge is 0.356 e. The Morgan fingerprint density at radius 2 is 1.30 bits per heavy atom. The van der Waals surface area contributed by atoms with Crippen LogP contribution in [0.4, 0.5) is 11.6 Å². The molecule has 0 aliphatic carbocycles. The van der Waals surface area contributed by atoms with E-state index in [2.05, 4.69) is 71.1 Å². The smallest absolute Gasteiger partial charge is 0.153 e. The Balaban J connectivity index is 1.13. The molecule has 0 radical (unpaired) electrons. The van der Waals surface area contributed by atoms with Crippen molar-refractivity contribution in [2.24, 2.45) is 0 Å². The van der Waals surface area contributed by atoms with Crippen molar-refractivity contribution in [3.05, 3.63) is 88.6 Å². The second-order valence-electron chi connectivity index (χ2n) is 10.8. The molecule has 0 aromatic carbocycles. The zero-order valence-corrected chi connectivity index (χ0v) is 22.2. The first kappa shape index (κ1) is 23.6. The summed E-state index contributed by atoms with van der Waals surface area (Å²) < 4.78 is 1.85. The van der Waals surface area contributed by atoms with Crippen LogP contribution in [0, 0.1) is 27.7 Å². The third-order valence-electron chi connectivity index (χ3n) is 8.04. The van der Waals surface area contributed by atoms with E-state index in [9.17, 15) is 0 Å². The summed E-state index contributed by atoms with van der Waals surface area (Å²) in [5.41, 5.74) is 7.58. The van der Waals surface area contributed by atoms with Gasteiger partial charge in [0.1, 0.15) is 11.6 Å². The Morgan fingerprint density at radius 3 is 1.86 bits per heavy atom. The molecule has 37 heavy (non-hydrogen) atoms. The highest BCUT2D eigenvalue weighted by atomic mass is 15.3. The Kier molecular flexibility index (Phi) is 6.14. The van der Waals surface area contributed by atoms with E-state index in [4.69, 9.17) is 9.97 Å². The van der Waals surface area contributed by atoms with Crippen molar-refractivity contribution in [1.82, 2.24) is 24.7 Å². The van der Waals surface area contributed by atoms with E-state index in [1.165, 1.54) is 27.8 Å². The van der Waals surface area contributed by atoms with Crippen molar-refractivity contribution in [3.63, 3.8) is 0 Å². The van der Waals surface area contributed by atoms with Gasteiger partial charge in [0, 0.05) is 62.8 Å². The summed E-state index contributed by atoms with van der Waals surface area (Å²) >= 11 is 0. The molecule has 2 aliphatic rings. The number of anilines is 2. The predicted molar refractivity (Wildman–Crippen MR) is 148 cm³/mol. The van der Waals surface area contributed by atoms with Crippen LogP contribution in [0.3, 0.4) is 0 Å². The quantitative estimate of drug-likeness (QED) is 0.377. The molecule has 0 saturated carbocycles. The zero-order chi connectivity index (χ0) is 25.5. The predicted octanol–water partition coefficient (Wildman–Crippen LogP) is 5.28. The van der Waals surface area contributed by atoms with Crippen LogP contribution in [0.2, 0.25) is 0 Å². The SMILES string of the molecule is Cc1ccnc(N2CCC(c3cnc(N4CCC(c5cnc(-n6ccc(C)n6)cc5C)C4)cc3C)C2)c1.